The van der Waals surface area contributed by atoms with E-state index in [-0.39, 0.29) is 5.97 Å². The monoisotopic (exact) mass is 253 g/mol. The number of nitrogens with zero attached hydrogens (tertiary/aromatic N) is 3. The first-order valence-corrected chi connectivity index (χ1v) is 5.76. The molecule has 0 aliphatic carbocycles. The van der Waals surface area contributed by atoms with Crippen LogP contribution in [0.3, 0.4) is 0 Å². The van der Waals surface area contributed by atoms with E-state index < -0.39 is 0 Å². The minimum Gasteiger partial charge on any atom is -0.464 e. The van der Waals surface area contributed by atoms with Crippen LogP contribution in [0.4, 0.5) is 0 Å². The summed E-state index contributed by atoms with van der Waals surface area (Å²) in [5.74, 6) is -0.388. The van der Waals surface area contributed by atoms with Crippen LogP contribution < -0.4 is 0 Å². The van der Waals surface area contributed by atoms with E-state index in [1.807, 2.05) is 18.2 Å². The van der Waals surface area contributed by atoms with E-state index in [9.17, 15) is 4.79 Å². The Hall–Kier alpha value is -2.69. The molecule has 0 bridgehead atoms. The van der Waals surface area contributed by atoms with Crippen molar-refractivity contribution in [3.05, 3.63) is 54.6 Å². The summed E-state index contributed by atoms with van der Waals surface area (Å²) in [6, 6.07) is 9.09. The summed E-state index contributed by atoms with van der Waals surface area (Å²) in [5, 5.41) is 0. The summed E-state index contributed by atoms with van der Waals surface area (Å²) in [5.41, 5.74) is 2.82. The first-order valence-electron chi connectivity index (χ1n) is 5.76. The summed E-state index contributed by atoms with van der Waals surface area (Å²) in [4.78, 5) is 20.2. The fourth-order valence-electron chi connectivity index (χ4n) is 1.94. The lowest BCUT2D eigenvalue weighted by Crippen LogP contribution is -2.06. The number of ether oxygens (including phenoxy) is 1. The van der Waals surface area contributed by atoms with E-state index in [1.165, 1.54) is 7.11 Å². The van der Waals surface area contributed by atoms with Crippen molar-refractivity contribution in [2.75, 3.05) is 7.11 Å². The van der Waals surface area contributed by atoms with Crippen LogP contribution in [0.5, 0.6) is 0 Å². The van der Waals surface area contributed by atoms with E-state index in [0.29, 0.717) is 11.3 Å². The molecule has 0 aromatic carbocycles. The molecule has 0 spiro atoms. The van der Waals surface area contributed by atoms with E-state index in [1.54, 1.807) is 35.1 Å². The van der Waals surface area contributed by atoms with E-state index >= 15 is 0 Å². The summed E-state index contributed by atoms with van der Waals surface area (Å²) in [6.07, 6.45) is 5.25. The number of hydrogen-bond donors (Lipinski definition) is 0. The molecule has 3 aromatic heterocycles. The van der Waals surface area contributed by atoms with Gasteiger partial charge in [-0.25, -0.2) is 9.78 Å². The Bertz CT molecular complexity index is 735. The predicted octanol–water partition coefficient (Wildman–Crippen LogP) is 2.18. The molecule has 0 N–H and O–H groups in total. The minimum absolute atomic E-state index is 0.388. The molecule has 0 aliphatic heterocycles. The maximum absolute atomic E-state index is 11.7. The lowest BCUT2D eigenvalue weighted by Gasteiger charge is -2.01. The highest BCUT2D eigenvalue weighted by Crippen LogP contribution is 2.19. The second-order valence-corrected chi connectivity index (χ2v) is 4.00. The summed E-state index contributed by atoms with van der Waals surface area (Å²) >= 11 is 0. The fraction of sp³-hybridized carbons (Fsp3) is 0.0714. The van der Waals surface area contributed by atoms with E-state index in [4.69, 9.17) is 4.74 Å². The molecule has 5 nitrogen and oxygen atoms in total. The topological polar surface area (TPSA) is 56.5 Å². The molecule has 3 rings (SSSR count). The number of aromatic nitrogens is 3. The lowest BCUT2D eigenvalue weighted by atomic mass is 10.2. The van der Waals surface area contributed by atoms with Gasteiger partial charge in [-0.3, -0.25) is 9.38 Å². The number of fused-ring (bicyclic) bond motifs is 1. The molecule has 19 heavy (non-hydrogen) atoms. The Labute approximate surface area is 109 Å². The third-order valence-corrected chi connectivity index (χ3v) is 2.84. The Morgan fingerprint density at radius 2 is 2.16 bits per heavy atom. The summed E-state index contributed by atoms with van der Waals surface area (Å²) in [7, 11) is 1.36. The molecule has 0 aliphatic rings. The molecule has 0 radical (unpaired) electrons. The van der Waals surface area contributed by atoms with Gasteiger partial charge in [-0.15, -0.1) is 0 Å². The quantitative estimate of drug-likeness (QED) is 0.657. The third-order valence-electron chi connectivity index (χ3n) is 2.84. The maximum atomic E-state index is 11.7. The van der Waals surface area contributed by atoms with Gasteiger partial charge in [0.15, 0.2) is 0 Å². The SMILES string of the molecule is COC(=O)c1cccc2nc(-c3cccnc3)cn12. The van der Waals surface area contributed by atoms with Gasteiger partial charge in [0, 0.05) is 24.2 Å². The first-order chi connectivity index (χ1) is 9.29. The van der Waals surface area contributed by atoms with Crippen LogP contribution in [0.2, 0.25) is 0 Å². The zero-order chi connectivity index (χ0) is 13.2. The van der Waals surface area contributed by atoms with Crippen LogP contribution in [0.15, 0.2) is 48.9 Å². The largest absolute Gasteiger partial charge is 0.464 e. The van der Waals surface area contributed by atoms with Gasteiger partial charge in [-0.05, 0) is 24.3 Å². The molecular weight excluding hydrogens is 242 g/mol. The van der Waals surface area contributed by atoms with Gasteiger partial charge in [0.05, 0.1) is 12.8 Å². The molecule has 0 unspecified atom stereocenters. The lowest BCUT2D eigenvalue weighted by molar-refractivity contribution is 0.0592. The van der Waals surface area contributed by atoms with E-state index in [2.05, 4.69) is 9.97 Å². The van der Waals surface area contributed by atoms with Crippen LogP contribution in [-0.2, 0) is 4.74 Å². The molecular formula is C14H11N3O2. The molecule has 0 saturated carbocycles. The third kappa shape index (κ3) is 1.95. The Morgan fingerprint density at radius 1 is 1.26 bits per heavy atom. The molecule has 0 amide bonds. The van der Waals surface area contributed by atoms with Crippen molar-refractivity contribution >= 4 is 11.6 Å². The van der Waals surface area contributed by atoms with Crippen molar-refractivity contribution in [2.45, 2.75) is 0 Å². The summed E-state index contributed by atoms with van der Waals surface area (Å²) in [6.45, 7) is 0. The van der Waals surface area contributed by atoms with Crippen LogP contribution >= 0.6 is 0 Å². The van der Waals surface area contributed by atoms with Crippen LogP contribution in [0, 0.1) is 0 Å². The average molecular weight is 253 g/mol. The standard InChI is InChI=1S/C14H11N3O2/c1-19-14(18)12-5-2-6-13-16-11(9-17(12)13)10-4-3-7-15-8-10/h2-9H,1H3. The first kappa shape index (κ1) is 11.4. The van der Waals surface area contributed by atoms with Gasteiger partial charge in [-0.1, -0.05) is 6.07 Å². The Balaban J connectivity index is 2.19. The van der Waals surface area contributed by atoms with Gasteiger partial charge >= 0.3 is 5.97 Å². The zero-order valence-corrected chi connectivity index (χ0v) is 10.3. The summed E-state index contributed by atoms with van der Waals surface area (Å²) < 4.78 is 6.48. The van der Waals surface area contributed by atoms with Crippen molar-refractivity contribution in [1.29, 1.82) is 0 Å². The van der Waals surface area contributed by atoms with Crippen molar-refractivity contribution in [3.8, 4) is 11.3 Å². The number of pyridine rings is 2. The number of imidazole rings is 1. The number of carbonyl (C=O) groups is 1. The molecule has 0 fully saturated rings. The highest BCUT2D eigenvalue weighted by molar-refractivity contribution is 5.88. The minimum atomic E-state index is -0.388. The highest BCUT2D eigenvalue weighted by atomic mass is 16.5. The molecule has 3 heterocycles. The fourth-order valence-corrected chi connectivity index (χ4v) is 1.94. The smallest absolute Gasteiger partial charge is 0.355 e. The van der Waals surface area contributed by atoms with Gasteiger partial charge in [0.25, 0.3) is 0 Å². The zero-order valence-electron chi connectivity index (χ0n) is 10.3. The van der Waals surface area contributed by atoms with Crippen LogP contribution in [0.1, 0.15) is 10.5 Å². The molecule has 94 valence electrons. The van der Waals surface area contributed by atoms with Crippen LogP contribution in [-0.4, -0.2) is 27.4 Å². The molecule has 0 atom stereocenters. The van der Waals surface area contributed by atoms with Crippen molar-refractivity contribution < 1.29 is 9.53 Å². The Kier molecular flexibility index (Phi) is 2.72. The van der Waals surface area contributed by atoms with Crippen LogP contribution in [0.25, 0.3) is 16.9 Å². The van der Waals surface area contributed by atoms with Gasteiger partial charge < -0.3 is 4.74 Å². The normalized spacial score (nSPS) is 10.6. The van der Waals surface area contributed by atoms with Gasteiger partial charge in [-0.2, -0.15) is 0 Å². The number of rotatable bonds is 2. The molecule has 3 aromatic rings. The van der Waals surface area contributed by atoms with E-state index in [0.717, 1.165) is 11.3 Å². The number of hydrogen-bond acceptors (Lipinski definition) is 4. The second kappa shape index (κ2) is 4.53. The maximum Gasteiger partial charge on any atom is 0.355 e. The highest BCUT2D eigenvalue weighted by Gasteiger charge is 2.12. The Morgan fingerprint density at radius 3 is 2.89 bits per heavy atom. The van der Waals surface area contributed by atoms with Crippen molar-refractivity contribution in [1.82, 2.24) is 14.4 Å². The number of carbonyl (C=O) groups excluding carboxylic acids is 1. The predicted molar refractivity (Wildman–Crippen MR) is 69.8 cm³/mol. The number of methoxy groups -OCH3 is 1. The average Bonchev–Trinajstić information content (AvgIpc) is 2.91. The van der Waals surface area contributed by atoms with Crippen molar-refractivity contribution in [3.63, 3.8) is 0 Å². The van der Waals surface area contributed by atoms with Crippen molar-refractivity contribution in [2.24, 2.45) is 0 Å². The number of esters is 1. The molecule has 0 saturated heterocycles. The second-order valence-electron chi connectivity index (χ2n) is 4.00. The van der Waals surface area contributed by atoms with Gasteiger partial charge in [0.1, 0.15) is 11.3 Å². The van der Waals surface area contributed by atoms with Gasteiger partial charge in [0.2, 0.25) is 0 Å². The molecule has 5 heteroatoms.